The number of hydrogen-bond acceptors (Lipinski definition) is 4. The van der Waals surface area contributed by atoms with E-state index in [0.717, 1.165) is 29.3 Å². The number of rotatable bonds is 8. The number of nitrogens with zero attached hydrogens (tertiary/aromatic N) is 1. The van der Waals surface area contributed by atoms with E-state index in [2.05, 4.69) is 34.5 Å². The molecule has 3 rings (SSSR count). The fraction of sp³-hybridized carbons (Fsp3) is 0.455. The largest absolute Gasteiger partial charge is 0.355 e. The Bertz CT molecular complexity index is 757. The van der Waals surface area contributed by atoms with Crippen LogP contribution in [0.3, 0.4) is 0 Å². The first-order valence-electron chi connectivity index (χ1n) is 9.76. The Balaban J connectivity index is 1.44. The van der Waals surface area contributed by atoms with Gasteiger partial charge >= 0.3 is 0 Å². The minimum absolute atomic E-state index is 0.0261. The Morgan fingerprint density at radius 2 is 1.93 bits per heavy atom. The maximum atomic E-state index is 12.2. The molecule has 5 heteroatoms. The number of nitrogens with one attached hydrogen (secondary N) is 1. The molecule has 1 unspecified atom stereocenters. The highest BCUT2D eigenvalue weighted by molar-refractivity contribution is 7.14. The number of ketones is 1. The van der Waals surface area contributed by atoms with Crippen molar-refractivity contribution in [2.45, 2.75) is 51.6 Å². The van der Waals surface area contributed by atoms with Crippen LogP contribution in [0.4, 0.5) is 0 Å². The van der Waals surface area contributed by atoms with E-state index < -0.39 is 0 Å². The second-order valence-electron chi connectivity index (χ2n) is 7.24. The number of thiophene rings is 1. The van der Waals surface area contributed by atoms with Crippen molar-refractivity contribution in [3.63, 3.8) is 0 Å². The molecule has 1 fully saturated rings. The summed E-state index contributed by atoms with van der Waals surface area (Å²) in [5.41, 5.74) is 1.31. The minimum atomic E-state index is -0.0261. The van der Waals surface area contributed by atoms with Gasteiger partial charge in [0.25, 0.3) is 0 Å². The Hall–Kier alpha value is -1.98. The molecule has 0 bridgehead atoms. The molecule has 1 saturated heterocycles. The molecular weight excluding hydrogens is 356 g/mol. The summed E-state index contributed by atoms with van der Waals surface area (Å²) in [6.45, 7) is 4.65. The summed E-state index contributed by atoms with van der Waals surface area (Å²) >= 11 is 1.50. The molecule has 2 aromatic rings. The van der Waals surface area contributed by atoms with E-state index >= 15 is 0 Å². The van der Waals surface area contributed by atoms with Crippen LogP contribution in [0.15, 0.2) is 42.5 Å². The summed E-state index contributed by atoms with van der Waals surface area (Å²) in [6.07, 6.45) is 4.08. The third kappa shape index (κ3) is 6.01. The maximum Gasteiger partial charge on any atom is 0.220 e. The van der Waals surface area contributed by atoms with Crippen molar-refractivity contribution in [2.75, 3.05) is 13.1 Å². The van der Waals surface area contributed by atoms with Gasteiger partial charge in [0.2, 0.25) is 5.91 Å². The average molecular weight is 385 g/mol. The minimum Gasteiger partial charge on any atom is -0.355 e. The molecule has 0 saturated carbocycles. The van der Waals surface area contributed by atoms with Gasteiger partial charge < -0.3 is 5.32 Å². The smallest absolute Gasteiger partial charge is 0.220 e. The fourth-order valence-corrected chi connectivity index (χ4v) is 4.41. The summed E-state index contributed by atoms with van der Waals surface area (Å²) in [6, 6.07) is 14.7. The van der Waals surface area contributed by atoms with Crippen LogP contribution in [0, 0.1) is 6.92 Å². The van der Waals surface area contributed by atoms with Crippen LogP contribution < -0.4 is 5.32 Å². The summed E-state index contributed by atoms with van der Waals surface area (Å²) in [5, 5.41) is 3.05. The van der Waals surface area contributed by atoms with E-state index in [1.165, 1.54) is 29.7 Å². The Labute approximate surface area is 165 Å². The second kappa shape index (κ2) is 9.81. The number of carbonyl (C=O) groups excluding carboxylic acids is 2. The van der Waals surface area contributed by atoms with E-state index in [1.54, 1.807) is 0 Å². The first kappa shape index (κ1) is 19.8. The SMILES string of the molecule is Cc1ccc(C(=O)CCC(=O)NCC2CCCCN2Cc2ccccc2)s1. The summed E-state index contributed by atoms with van der Waals surface area (Å²) in [7, 11) is 0. The molecule has 0 aliphatic carbocycles. The number of amides is 1. The highest BCUT2D eigenvalue weighted by Crippen LogP contribution is 2.20. The molecule has 2 heterocycles. The van der Waals surface area contributed by atoms with Crippen molar-refractivity contribution in [2.24, 2.45) is 0 Å². The monoisotopic (exact) mass is 384 g/mol. The van der Waals surface area contributed by atoms with E-state index in [9.17, 15) is 9.59 Å². The van der Waals surface area contributed by atoms with Gasteiger partial charge in [0.1, 0.15) is 0 Å². The van der Waals surface area contributed by atoms with Gasteiger partial charge in [0, 0.05) is 36.9 Å². The Kier molecular flexibility index (Phi) is 7.18. The fourth-order valence-electron chi connectivity index (χ4n) is 3.57. The molecule has 27 heavy (non-hydrogen) atoms. The predicted octanol–water partition coefficient (Wildman–Crippen LogP) is 4.19. The van der Waals surface area contributed by atoms with E-state index in [1.807, 2.05) is 25.1 Å². The topological polar surface area (TPSA) is 49.4 Å². The quantitative estimate of drug-likeness (QED) is 0.694. The number of aryl methyl sites for hydroxylation is 1. The van der Waals surface area contributed by atoms with Gasteiger partial charge in [0.05, 0.1) is 4.88 Å². The van der Waals surface area contributed by atoms with Crippen molar-refractivity contribution in [3.8, 4) is 0 Å². The number of piperidine rings is 1. The third-order valence-electron chi connectivity index (χ3n) is 5.11. The lowest BCUT2D eigenvalue weighted by atomic mass is 10.0. The van der Waals surface area contributed by atoms with Gasteiger partial charge in [-0.25, -0.2) is 0 Å². The first-order chi connectivity index (χ1) is 13.1. The van der Waals surface area contributed by atoms with Gasteiger partial charge in [-0.1, -0.05) is 36.8 Å². The van der Waals surface area contributed by atoms with Crippen LogP contribution in [0.2, 0.25) is 0 Å². The molecule has 0 radical (unpaired) electrons. The molecule has 4 nitrogen and oxygen atoms in total. The van der Waals surface area contributed by atoms with Crippen molar-refractivity contribution >= 4 is 23.0 Å². The third-order valence-corrected chi connectivity index (χ3v) is 6.15. The van der Waals surface area contributed by atoms with Crippen LogP contribution in [0.25, 0.3) is 0 Å². The molecule has 0 spiro atoms. The highest BCUT2D eigenvalue weighted by Gasteiger charge is 2.23. The normalized spacial score (nSPS) is 17.6. The van der Waals surface area contributed by atoms with Crippen molar-refractivity contribution < 1.29 is 9.59 Å². The van der Waals surface area contributed by atoms with Crippen LogP contribution in [0.5, 0.6) is 0 Å². The van der Waals surface area contributed by atoms with Crippen molar-refractivity contribution in [1.82, 2.24) is 10.2 Å². The van der Waals surface area contributed by atoms with Crippen LogP contribution in [-0.2, 0) is 11.3 Å². The molecular formula is C22H28N2O2S. The number of Topliss-reactive ketones (excluding diaryl/α,β-unsaturated/α-hetero) is 1. The van der Waals surface area contributed by atoms with Crippen LogP contribution in [0.1, 0.15) is 52.2 Å². The lowest BCUT2D eigenvalue weighted by Gasteiger charge is -2.36. The summed E-state index contributed by atoms with van der Waals surface area (Å²) < 4.78 is 0. The molecule has 1 aliphatic rings. The second-order valence-corrected chi connectivity index (χ2v) is 8.53. The molecule has 1 aromatic heterocycles. The number of benzene rings is 1. The number of carbonyl (C=O) groups is 2. The molecule has 1 aliphatic heterocycles. The predicted molar refractivity (Wildman–Crippen MR) is 110 cm³/mol. The van der Waals surface area contributed by atoms with Gasteiger partial charge in [-0.2, -0.15) is 0 Å². The van der Waals surface area contributed by atoms with Gasteiger partial charge in [-0.3, -0.25) is 14.5 Å². The van der Waals surface area contributed by atoms with Crippen LogP contribution >= 0.6 is 11.3 Å². The zero-order valence-corrected chi connectivity index (χ0v) is 16.8. The van der Waals surface area contributed by atoms with E-state index in [-0.39, 0.29) is 24.5 Å². The summed E-state index contributed by atoms with van der Waals surface area (Å²) in [5.74, 6) is 0.0356. The average Bonchev–Trinajstić information content (AvgIpc) is 3.13. The van der Waals surface area contributed by atoms with Gasteiger partial charge in [-0.15, -0.1) is 11.3 Å². The lowest BCUT2D eigenvalue weighted by molar-refractivity contribution is -0.121. The highest BCUT2D eigenvalue weighted by atomic mass is 32.1. The van der Waals surface area contributed by atoms with Crippen molar-refractivity contribution in [1.29, 1.82) is 0 Å². The molecule has 1 atom stereocenters. The molecule has 144 valence electrons. The van der Waals surface area contributed by atoms with E-state index in [4.69, 9.17) is 0 Å². The van der Waals surface area contributed by atoms with Gasteiger partial charge in [-0.05, 0) is 44.0 Å². The Morgan fingerprint density at radius 1 is 1.11 bits per heavy atom. The lowest BCUT2D eigenvalue weighted by Crippen LogP contribution is -2.46. The van der Waals surface area contributed by atoms with E-state index in [0.29, 0.717) is 12.6 Å². The van der Waals surface area contributed by atoms with Crippen LogP contribution in [-0.4, -0.2) is 35.7 Å². The Morgan fingerprint density at radius 3 is 2.67 bits per heavy atom. The standard InChI is InChI=1S/C22H28N2O2S/c1-17-10-12-21(27-17)20(25)11-13-22(26)23-15-19-9-5-6-14-24(19)16-18-7-3-2-4-8-18/h2-4,7-8,10,12,19H,5-6,9,11,13-16H2,1H3,(H,23,26). The maximum absolute atomic E-state index is 12.2. The molecule has 1 amide bonds. The van der Waals surface area contributed by atoms with Gasteiger partial charge in [0.15, 0.2) is 5.78 Å². The zero-order valence-electron chi connectivity index (χ0n) is 15.9. The first-order valence-corrected chi connectivity index (χ1v) is 10.6. The summed E-state index contributed by atoms with van der Waals surface area (Å²) in [4.78, 5) is 28.7. The zero-order chi connectivity index (χ0) is 19.1. The van der Waals surface area contributed by atoms with Crippen molar-refractivity contribution in [3.05, 3.63) is 57.8 Å². The molecule has 1 aromatic carbocycles. The molecule has 1 N–H and O–H groups in total. The number of hydrogen-bond donors (Lipinski definition) is 1. The number of likely N-dealkylation sites (tertiary alicyclic amines) is 1.